The zero-order valence-corrected chi connectivity index (χ0v) is 15.6. The van der Waals surface area contributed by atoms with E-state index in [1.165, 1.54) is 21.6 Å². The molecular weight excluding hydrogens is 354 g/mol. The second-order valence-electron chi connectivity index (χ2n) is 6.40. The van der Waals surface area contributed by atoms with Gasteiger partial charge in [0.25, 0.3) is 0 Å². The number of nitrogens with zero attached hydrogens (tertiary/aromatic N) is 1. The van der Waals surface area contributed by atoms with Crippen LogP contribution in [-0.2, 0) is 0 Å². The van der Waals surface area contributed by atoms with Crippen LogP contribution < -0.4 is 0 Å². The first-order chi connectivity index (χ1) is 11.6. The third kappa shape index (κ3) is 3.34. The van der Waals surface area contributed by atoms with Gasteiger partial charge in [0.1, 0.15) is 0 Å². The Morgan fingerprint density at radius 2 is 1.72 bits per heavy atom. The molecule has 0 saturated carbocycles. The smallest absolute Gasteiger partial charge is 0.335 e. The summed E-state index contributed by atoms with van der Waals surface area (Å²) in [5.74, 6) is -0.866. The van der Waals surface area contributed by atoms with Gasteiger partial charge in [-0.05, 0) is 60.9 Å². The minimum Gasteiger partial charge on any atom is -0.478 e. The van der Waals surface area contributed by atoms with Crippen LogP contribution in [-0.4, -0.2) is 36.1 Å². The Hall–Kier alpha value is -1.75. The summed E-state index contributed by atoms with van der Waals surface area (Å²) in [4.78, 5) is 16.2. The number of piperidine rings is 1. The summed E-state index contributed by atoms with van der Waals surface area (Å²) in [5.41, 5.74) is 5.40. The third-order valence-electron chi connectivity index (χ3n) is 4.82. The van der Waals surface area contributed by atoms with E-state index in [1.54, 1.807) is 17.8 Å². The highest BCUT2D eigenvalue weighted by atomic mass is 35.5. The summed E-state index contributed by atoms with van der Waals surface area (Å²) in [7, 11) is 2.16. The third-order valence-corrected chi connectivity index (χ3v) is 5.97. The normalized spacial score (nSPS) is 16.7. The molecule has 3 nitrogen and oxygen atoms in total. The van der Waals surface area contributed by atoms with E-state index in [0.717, 1.165) is 36.4 Å². The quantitative estimate of drug-likeness (QED) is 0.665. The standard InChI is InChI=1S/C20H19NO2S.ClH/c1-21-10-8-13(9-11-21)19-15-4-2-3-5-17(15)24-18-7-6-14(20(22)23)12-16(18)19;/h2-7,12H,8-11H2,1H3,(H,22,23);1H. The van der Waals surface area contributed by atoms with Crippen molar-refractivity contribution in [1.29, 1.82) is 0 Å². The molecule has 0 spiro atoms. The molecule has 0 aromatic heterocycles. The van der Waals surface area contributed by atoms with Gasteiger partial charge in [-0.2, -0.15) is 0 Å². The first-order valence-electron chi connectivity index (χ1n) is 8.19. The Labute approximate surface area is 158 Å². The molecule has 5 heteroatoms. The number of carbonyl (C=O) groups is 1. The summed E-state index contributed by atoms with van der Waals surface area (Å²) in [6.07, 6.45) is 2.09. The zero-order valence-electron chi connectivity index (χ0n) is 14.0. The fourth-order valence-corrected chi connectivity index (χ4v) is 4.56. The highest BCUT2D eigenvalue weighted by Crippen LogP contribution is 2.47. The molecule has 1 saturated heterocycles. The second-order valence-corrected chi connectivity index (χ2v) is 7.48. The molecular formula is C20H20ClNO2S. The zero-order chi connectivity index (χ0) is 16.7. The highest BCUT2D eigenvalue weighted by Gasteiger charge is 2.26. The van der Waals surface area contributed by atoms with Crippen molar-refractivity contribution in [2.24, 2.45) is 0 Å². The topological polar surface area (TPSA) is 40.5 Å². The van der Waals surface area contributed by atoms with Gasteiger partial charge in [-0.25, -0.2) is 4.79 Å². The first-order valence-corrected chi connectivity index (χ1v) is 9.00. The maximum absolute atomic E-state index is 11.4. The van der Waals surface area contributed by atoms with Crippen molar-refractivity contribution >= 4 is 35.7 Å². The number of hydrogen-bond donors (Lipinski definition) is 1. The number of fused-ring (bicyclic) bond motifs is 2. The molecule has 4 rings (SSSR count). The molecule has 0 amide bonds. The molecule has 0 atom stereocenters. The number of carboxylic acid groups (broad SMARTS) is 1. The van der Waals surface area contributed by atoms with Crippen LogP contribution in [0.15, 0.2) is 57.8 Å². The summed E-state index contributed by atoms with van der Waals surface area (Å²) >= 11 is 1.73. The Morgan fingerprint density at radius 3 is 2.44 bits per heavy atom. The highest BCUT2D eigenvalue weighted by molar-refractivity contribution is 7.99. The monoisotopic (exact) mass is 373 g/mol. The molecule has 2 aliphatic heterocycles. The molecule has 2 aliphatic rings. The fourth-order valence-electron chi connectivity index (χ4n) is 3.49. The average molecular weight is 374 g/mol. The lowest BCUT2D eigenvalue weighted by molar-refractivity contribution is 0.0696. The van der Waals surface area contributed by atoms with Crippen LogP contribution in [0.25, 0.3) is 5.57 Å². The Bertz CT molecular complexity index is 853. The molecule has 0 unspecified atom stereocenters. The number of likely N-dealkylation sites (tertiary alicyclic amines) is 1. The van der Waals surface area contributed by atoms with Gasteiger partial charge >= 0.3 is 5.97 Å². The van der Waals surface area contributed by atoms with Crippen molar-refractivity contribution in [3.05, 3.63) is 64.7 Å². The van der Waals surface area contributed by atoms with Gasteiger partial charge < -0.3 is 10.0 Å². The van der Waals surface area contributed by atoms with Crippen molar-refractivity contribution in [2.45, 2.75) is 22.6 Å². The van der Waals surface area contributed by atoms with Gasteiger partial charge in [0.05, 0.1) is 5.56 Å². The van der Waals surface area contributed by atoms with Crippen molar-refractivity contribution < 1.29 is 9.90 Å². The number of halogens is 1. The predicted molar refractivity (Wildman–Crippen MR) is 104 cm³/mol. The van der Waals surface area contributed by atoms with E-state index in [4.69, 9.17) is 0 Å². The molecule has 130 valence electrons. The summed E-state index contributed by atoms with van der Waals surface area (Å²) < 4.78 is 0. The van der Waals surface area contributed by atoms with E-state index in [0.29, 0.717) is 5.56 Å². The summed E-state index contributed by atoms with van der Waals surface area (Å²) in [6.45, 7) is 2.12. The van der Waals surface area contributed by atoms with E-state index in [9.17, 15) is 9.90 Å². The van der Waals surface area contributed by atoms with E-state index >= 15 is 0 Å². The fraction of sp³-hybridized carbons (Fsp3) is 0.250. The maximum Gasteiger partial charge on any atom is 0.335 e. The molecule has 1 N–H and O–H groups in total. The van der Waals surface area contributed by atoms with Crippen LogP contribution in [0.4, 0.5) is 0 Å². The second kappa shape index (κ2) is 7.24. The molecule has 2 heterocycles. The van der Waals surface area contributed by atoms with Crippen LogP contribution >= 0.6 is 24.2 Å². The molecule has 2 aromatic rings. The molecule has 0 aliphatic carbocycles. The predicted octanol–water partition coefficient (Wildman–Crippen LogP) is 4.80. The van der Waals surface area contributed by atoms with Crippen LogP contribution in [0.5, 0.6) is 0 Å². The van der Waals surface area contributed by atoms with Crippen LogP contribution in [0, 0.1) is 0 Å². The molecule has 0 radical (unpaired) electrons. The van der Waals surface area contributed by atoms with E-state index < -0.39 is 5.97 Å². The number of benzene rings is 2. The average Bonchev–Trinajstić information content (AvgIpc) is 2.60. The van der Waals surface area contributed by atoms with Crippen molar-refractivity contribution in [1.82, 2.24) is 4.90 Å². The van der Waals surface area contributed by atoms with Crippen molar-refractivity contribution in [3.8, 4) is 0 Å². The number of hydrogen-bond acceptors (Lipinski definition) is 3. The minimum absolute atomic E-state index is 0. The lowest BCUT2D eigenvalue weighted by Gasteiger charge is -2.30. The number of aromatic carboxylic acids is 1. The van der Waals surface area contributed by atoms with Crippen LogP contribution in [0.2, 0.25) is 0 Å². The van der Waals surface area contributed by atoms with Crippen molar-refractivity contribution in [2.75, 3.05) is 20.1 Å². The van der Waals surface area contributed by atoms with E-state index in [1.807, 2.05) is 12.1 Å². The Balaban J connectivity index is 0.00000182. The lowest BCUT2D eigenvalue weighted by atomic mass is 9.87. The van der Waals surface area contributed by atoms with Gasteiger partial charge in [-0.1, -0.05) is 35.5 Å². The lowest BCUT2D eigenvalue weighted by Crippen LogP contribution is -2.27. The minimum atomic E-state index is -0.866. The summed E-state index contributed by atoms with van der Waals surface area (Å²) in [6, 6.07) is 14.0. The van der Waals surface area contributed by atoms with Crippen LogP contribution in [0.1, 0.15) is 34.3 Å². The van der Waals surface area contributed by atoms with Gasteiger partial charge in [-0.3, -0.25) is 0 Å². The largest absolute Gasteiger partial charge is 0.478 e. The molecule has 25 heavy (non-hydrogen) atoms. The maximum atomic E-state index is 11.4. The molecule has 1 fully saturated rings. The van der Waals surface area contributed by atoms with Gasteiger partial charge in [0.15, 0.2) is 0 Å². The van der Waals surface area contributed by atoms with Gasteiger partial charge in [-0.15, -0.1) is 12.4 Å². The molecule has 0 bridgehead atoms. The van der Waals surface area contributed by atoms with Crippen LogP contribution in [0.3, 0.4) is 0 Å². The van der Waals surface area contributed by atoms with Crippen molar-refractivity contribution in [3.63, 3.8) is 0 Å². The number of rotatable bonds is 1. The SMILES string of the molecule is CN1CCC(=C2c3ccccc3Sc3ccc(C(=O)O)cc32)CC1.Cl. The summed E-state index contributed by atoms with van der Waals surface area (Å²) in [5, 5.41) is 9.38. The van der Waals surface area contributed by atoms with Gasteiger partial charge in [0, 0.05) is 22.9 Å². The first kappa shape index (κ1) is 18.1. The Kier molecular flexibility index (Phi) is 5.23. The van der Waals surface area contributed by atoms with Gasteiger partial charge in [0.2, 0.25) is 0 Å². The number of carboxylic acids is 1. The van der Waals surface area contributed by atoms with E-state index in [2.05, 4.69) is 36.2 Å². The molecule has 2 aromatic carbocycles. The van der Waals surface area contributed by atoms with E-state index in [-0.39, 0.29) is 12.4 Å². The Morgan fingerprint density at radius 1 is 1.04 bits per heavy atom.